The molecule has 0 bridgehead atoms. The lowest BCUT2D eigenvalue weighted by Gasteiger charge is -2.21. The van der Waals surface area contributed by atoms with Gasteiger partial charge in [-0.05, 0) is 49.9 Å². The van der Waals surface area contributed by atoms with Gasteiger partial charge in [0.1, 0.15) is 0 Å². The molecule has 0 saturated heterocycles. The van der Waals surface area contributed by atoms with Crippen molar-refractivity contribution in [3.8, 4) is 0 Å². The molecule has 4 nitrogen and oxygen atoms in total. The molecule has 116 valence electrons. The van der Waals surface area contributed by atoms with E-state index in [0.717, 1.165) is 30.4 Å². The van der Waals surface area contributed by atoms with Gasteiger partial charge in [-0.3, -0.25) is 9.59 Å². The number of anilines is 1. The van der Waals surface area contributed by atoms with Crippen molar-refractivity contribution >= 4 is 17.5 Å². The summed E-state index contributed by atoms with van der Waals surface area (Å²) in [6, 6.07) is 5.77. The number of hydrogen-bond donors (Lipinski definition) is 1. The number of aryl methyl sites for hydroxylation is 2. The summed E-state index contributed by atoms with van der Waals surface area (Å²) in [6.07, 6.45) is 2.78. The summed E-state index contributed by atoms with van der Waals surface area (Å²) < 4.78 is 0. The van der Waals surface area contributed by atoms with Crippen molar-refractivity contribution in [3.63, 3.8) is 0 Å². The van der Waals surface area contributed by atoms with E-state index in [1.165, 1.54) is 0 Å². The molecule has 0 saturated carbocycles. The number of nitrogens with one attached hydrogen (secondary N) is 1. The van der Waals surface area contributed by atoms with Crippen LogP contribution >= 0.6 is 0 Å². The van der Waals surface area contributed by atoms with Gasteiger partial charge in [-0.25, -0.2) is 0 Å². The van der Waals surface area contributed by atoms with Crippen LogP contribution in [0.1, 0.15) is 44.2 Å². The van der Waals surface area contributed by atoms with Gasteiger partial charge >= 0.3 is 11.8 Å². The van der Waals surface area contributed by atoms with E-state index >= 15 is 0 Å². The van der Waals surface area contributed by atoms with Gasteiger partial charge in [-0.1, -0.05) is 26.3 Å². The number of amides is 2. The fourth-order valence-electron chi connectivity index (χ4n) is 2.31. The molecule has 2 amide bonds. The first-order chi connectivity index (χ1) is 9.97. The summed E-state index contributed by atoms with van der Waals surface area (Å²) >= 11 is 0. The van der Waals surface area contributed by atoms with Crippen molar-refractivity contribution in [2.45, 2.75) is 47.0 Å². The van der Waals surface area contributed by atoms with Crippen molar-refractivity contribution < 1.29 is 9.59 Å². The number of unbranched alkanes of at least 4 members (excludes halogenated alkanes) is 1. The van der Waals surface area contributed by atoms with Crippen molar-refractivity contribution in [3.05, 3.63) is 29.3 Å². The van der Waals surface area contributed by atoms with Crippen LogP contribution in [0.3, 0.4) is 0 Å². The smallest absolute Gasteiger partial charge is 0.313 e. The van der Waals surface area contributed by atoms with Crippen LogP contribution in [0.2, 0.25) is 0 Å². The maximum atomic E-state index is 12.2. The molecular weight excluding hydrogens is 264 g/mol. The van der Waals surface area contributed by atoms with Crippen LogP contribution in [0.15, 0.2) is 18.2 Å². The second-order valence-electron chi connectivity index (χ2n) is 5.48. The zero-order chi connectivity index (χ0) is 15.8. The van der Waals surface area contributed by atoms with Gasteiger partial charge in [-0.2, -0.15) is 0 Å². The molecule has 0 atom stereocenters. The van der Waals surface area contributed by atoms with Gasteiger partial charge in [-0.15, -0.1) is 0 Å². The second kappa shape index (κ2) is 8.45. The SMILES string of the molecule is CCCCN(CCC)C(=O)C(=O)Nc1cc(C)cc(C)c1. The minimum atomic E-state index is -0.551. The van der Waals surface area contributed by atoms with Crippen LogP contribution in [-0.4, -0.2) is 29.8 Å². The molecule has 0 unspecified atom stereocenters. The molecular formula is C17H26N2O2. The number of benzene rings is 1. The molecule has 0 heterocycles. The molecule has 0 aromatic heterocycles. The highest BCUT2D eigenvalue weighted by atomic mass is 16.2. The summed E-state index contributed by atoms with van der Waals surface area (Å²) in [6.45, 7) is 9.28. The molecule has 4 heteroatoms. The van der Waals surface area contributed by atoms with Crippen molar-refractivity contribution in [1.82, 2.24) is 4.90 Å². The second-order valence-corrected chi connectivity index (χ2v) is 5.48. The third-order valence-corrected chi connectivity index (χ3v) is 3.24. The maximum Gasteiger partial charge on any atom is 0.313 e. The van der Waals surface area contributed by atoms with Gasteiger partial charge in [0.15, 0.2) is 0 Å². The van der Waals surface area contributed by atoms with Gasteiger partial charge < -0.3 is 10.2 Å². The van der Waals surface area contributed by atoms with Crippen LogP contribution in [0.4, 0.5) is 5.69 Å². The number of nitrogens with zero attached hydrogens (tertiary/aromatic N) is 1. The molecule has 0 aliphatic carbocycles. The topological polar surface area (TPSA) is 49.4 Å². The molecule has 1 N–H and O–H groups in total. The highest BCUT2D eigenvalue weighted by molar-refractivity contribution is 6.39. The fourth-order valence-corrected chi connectivity index (χ4v) is 2.31. The van der Waals surface area contributed by atoms with E-state index in [4.69, 9.17) is 0 Å². The largest absolute Gasteiger partial charge is 0.334 e. The third kappa shape index (κ3) is 5.58. The quantitative estimate of drug-likeness (QED) is 0.817. The van der Waals surface area contributed by atoms with E-state index in [9.17, 15) is 9.59 Å². The molecule has 1 aromatic rings. The fraction of sp³-hybridized carbons (Fsp3) is 0.529. The molecule has 0 aliphatic rings. The predicted octanol–water partition coefficient (Wildman–Crippen LogP) is 3.28. The Morgan fingerprint density at radius 3 is 2.14 bits per heavy atom. The van der Waals surface area contributed by atoms with Crippen LogP contribution in [0.5, 0.6) is 0 Å². The van der Waals surface area contributed by atoms with Crippen LogP contribution < -0.4 is 5.32 Å². The van der Waals surface area contributed by atoms with Crippen molar-refractivity contribution in [2.24, 2.45) is 0 Å². The summed E-state index contributed by atoms with van der Waals surface area (Å²) in [5.74, 6) is -0.992. The Labute approximate surface area is 127 Å². The van der Waals surface area contributed by atoms with Gasteiger partial charge in [0.05, 0.1) is 0 Å². The third-order valence-electron chi connectivity index (χ3n) is 3.24. The molecule has 21 heavy (non-hydrogen) atoms. The molecule has 0 aliphatic heterocycles. The normalized spacial score (nSPS) is 10.3. The first-order valence-electron chi connectivity index (χ1n) is 7.66. The zero-order valence-corrected chi connectivity index (χ0v) is 13.5. The number of carbonyl (C=O) groups is 2. The molecule has 1 aromatic carbocycles. The molecule has 0 spiro atoms. The minimum absolute atomic E-state index is 0.440. The van der Waals surface area contributed by atoms with Crippen LogP contribution in [0, 0.1) is 13.8 Å². The number of rotatable bonds is 6. The monoisotopic (exact) mass is 290 g/mol. The van der Waals surface area contributed by atoms with E-state index in [1.807, 2.05) is 39.0 Å². The van der Waals surface area contributed by atoms with E-state index in [0.29, 0.717) is 18.8 Å². The Kier molecular flexibility index (Phi) is 6.92. The predicted molar refractivity (Wildman–Crippen MR) is 86.3 cm³/mol. The molecule has 0 fully saturated rings. The Balaban J connectivity index is 2.73. The van der Waals surface area contributed by atoms with Gasteiger partial charge in [0.2, 0.25) is 0 Å². The number of carbonyl (C=O) groups excluding carboxylic acids is 2. The van der Waals surface area contributed by atoms with Crippen molar-refractivity contribution in [2.75, 3.05) is 18.4 Å². The van der Waals surface area contributed by atoms with Gasteiger partial charge in [0.25, 0.3) is 0 Å². The average Bonchev–Trinajstić information content (AvgIpc) is 2.41. The Bertz CT molecular complexity index is 477. The number of hydrogen-bond acceptors (Lipinski definition) is 2. The average molecular weight is 290 g/mol. The maximum absolute atomic E-state index is 12.2. The summed E-state index contributed by atoms with van der Waals surface area (Å²) in [5.41, 5.74) is 2.81. The first-order valence-corrected chi connectivity index (χ1v) is 7.66. The van der Waals surface area contributed by atoms with Gasteiger partial charge in [0, 0.05) is 18.8 Å². The van der Waals surface area contributed by atoms with E-state index in [2.05, 4.69) is 12.2 Å². The van der Waals surface area contributed by atoms with E-state index in [-0.39, 0.29) is 0 Å². The highest BCUT2D eigenvalue weighted by Crippen LogP contribution is 2.14. The van der Waals surface area contributed by atoms with Crippen LogP contribution in [-0.2, 0) is 9.59 Å². The van der Waals surface area contributed by atoms with E-state index in [1.54, 1.807) is 4.90 Å². The Hall–Kier alpha value is -1.84. The molecule has 0 radical (unpaired) electrons. The van der Waals surface area contributed by atoms with Crippen molar-refractivity contribution in [1.29, 1.82) is 0 Å². The minimum Gasteiger partial charge on any atom is -0.334 e. The standard InChI is InChI=1S/C17H26N2O2/c1-5-7-9-19(8-6-2)17(21)16(20)18-15-11-13(3)10-14(4)12-15/h10-12H,5-9H2,1-4H3,(H,18,20). The van der Waals surface area contributed by atoms with E-state index < -0.39 is 11.8 Å². The summed E-state index contributed by atoms with van der Waals surface area (Å²) in [7, 11) is 0. The Morgan fingerprint density at radius 2 is 1.62 bits per heavy atom. The zero-order valence-electron chi connectivity index (χ0n) is 13.5. The highest BCUT2D eigenvalue weighted by Gasteiger charge is 2.20. The Morgan fingerprint density at radius 1 is 1.00 bits per heavy atom. The lowest BCUT2D eigenvalue weighted by molar-refractivity contribution is -0.143. The lowest BCUT2D eigenvalue weighted by atomic mass is 10.1. The lowest BCUT2D eigenvalue weighted by Crippen LogP contribution is -2.40. The van der Waals surface area contributed by atoms with Crippen LogP contribution in [0.25, 0.3) is 0 Å². The summed E-state index contributed by atoms with van der Waals surface area (Å²) in [4.78, 5) is 26.0. The first kappa shape index (κ1) is 17.2. The molecule has 1 rings (SSSR count). The summed E-state index contributed by atoms with van der Waals surface area (Å²) in [5, 5.41) is 2.71.